The number of halogens is 4. The number of nitrogens with one attached hydrogen (secondary N) is 3. The number of rotatable bonds is 8. The van der Waals surface area contributed by atoms with Crippen LogP contribution in [-0.2, 0) is 14.3 Å². The van der Waals surface area contributed by atoms with Crippen LogP contribution in [-0.4, -0.2) is 55.3 Å². The molecule has 1 aliphatic heterocycles. The molecule has 3 N–H and O–H groups in total. The first kappa shape index (κ1) is 23.1. The molecule has 2 unspecified atom stereocenters. The summed E-state index contributed by atoms with van der Waals surface area (Å²) in [4.78, 5) is 24.9. The highest BCUT2D eigenvalue weighted by Crippen LogP contribution is 2.52. The second-order valence-corrected chi connectivity index (χ2v) is 9.14. The van der Waals surface area contributed by atoms with Gasteiger partial charge >= 0.3 is 6.61 Å². The van der Waals surface area contributed by atoms with E-state index in [0.29, 0.717) is 19.4 Å². The molecule has 4 aliphatic rings. The SMILES string of the molecule is O=C(COc1ccc(Cl)c(F)c1)N[C@H]1CC2(NC(=O)C3CC(OC(F)F)CCN3)CC1C2. The predicted octanol–water partition coefficient (Wildman–Crippen LogP) is 2.37. The van der Waals surface area contributed by atoms with Crippen LogP contribution in [0, 0.1) is 11.7 Å². The number of fused-ring (bicyclic) bond motifs is 1. The zero-order valence-corrected chi connectivity index (χ0v) is 18.0. The van der Waals surface area contributed by atoms with E-state index >= 15 is 0 Å². The minimum absolute atomic E-state index is 0.0274. The lowest BCUT2D eigenvalue weighted by Gasteiger charge is -2.41. The molecule has 1 saturated heterocycles. The van der Waals surface area contributed by atoms with Crippen molar-refractivity contribution in [2.75, 3.05) is 13.2 Å². The Kier molecular flexibility index (Phi) is 6.83. The predicted molar refractivity (Wildman–Crippen MR) is 109 cm³/mol. The van der Waals surface area contributed by atoms with Crippen LogP contribution >= 0.6 is 11.6 Å². The van der Waals surface area contributed by atoms with Crippen LogP contribution in [0.4, 0.5) is 13.2 Å². The van der Waals surface area contributed by atoms with Crippen LogP contribution in [0.5, 0.6) is 5.75 Å². The first-order valence-corrected chi connectivity index (χ1v) is 11.0. The number of piperidine rings is 1. The molecule has 1 heterocycles. The number of ether oxygens (including phenoxy) is 2. The lowest BCUT2D eigenvalue weighted by molar-refractivity contribution is -0.172. The van der Waals surface area contributed by atoms with Crippen molar-refractivity contribution in [2.45, 2.75) is 62.4 Å². The van der Waals surface area contributed by atoms with Gasteiger partial charge in [0.25, 0.3) is 5.91 Å². The summed E-state index contributed by atoms with van der Waals surface area (Å²) in [5.74, 6) is -0.734. The Bertz CT molecular complexity index is 869. The van der Waals surface area contributed by atoms with Gasteiger partial charge in [-0.3, -0.25) is 9.59 Å². The summed E-state index contributed by atoms with van der Waals surface area (Å²) in [7, 11) is 0. The van der Waals surface area contributed by atoms with Gasteiger partial charge in [0.05, 0.1) is 17.2 Å². The van der Waals surface area contributed by atoms with Crippen molar-refractivity contribution in [1.82, 2.24) is 16.0 Å². The molecule has 0 radical (unpaired) electrons. The second-order valence-electron chi connectivity index (χ2n) is 8.73. The molecule has 1 aromatic carbocycles. The van der Waals surface area contributed by atoms with Crippen molar-refractivity contribution < 1.29 is 32.2 Å². The average Bonchev–Trinajstić information content (AvgIpc) is 3.22. The van der Waals surface area contributed by atoms with Gasteiger partial charge in [0.2, 0.25) is 5.91 Å². The molecule has 2 bridgehead atoms. The minimum Gasteiger partial charge on any atom is -0.484 e. The van der Waals surface area contributed by atoms with Crippen molar-refractivity contribution in [3.63, 3.8) is 0 Å². The van der Waals surface area contributed by atoms with Gasteiger partial charge < -0.3 is 25.4 Å². The zero-order chi connectivity index (χ0) is 22.9. The molecule has 32 heavy (non-hydrogen) atoms. The summed E-state index contributed by atoms with van der Waals surface area (Å²) in [5.41, 5.74) is -0.391. The number of carbonyl (C=O) groups excluding carboxylic acids is 2. The van der Waals surface area contributed by atoms with Crippen molar-refractivity contribution in [1.29, 1.82) is 0 Å². The molecule has 3 aliphatic carbocycles. The van der Waals surface area contributed by atoms with Gasteiger partial charge in [0, 0.05) is 17.6 Å². The Labute approximate surface area is 188 Å². The van der Waals surface area contributed by atoms with Gasteiger partial charge in [-0.15, -0.1) is 0 Å². The number of hydrogen-bond acceptors (Lipinski definition) is 5. The minimum atomic E-state index is -2.85. The maximum absolute atomic E-state index is 13.5. The average molecular weight is 476 g/mol. The Balaban J connectivity index is 1.22. The number of amides is 2. The smallest absolute Gasteiger partial charge is 0.345 e. The number of benzene rings is 1. The maximum atomic E-state index is 13.5. The van der Waals surface area contributed by atoms with Gasteiger partial charge in [-0.1, -0.05) is 11.6 Å². The monoisotopic (exact) mass is 475 g/mol. The van der Waals surface area contributed by atoms with Crippen molar-refractivity contribution >= 4 is 23.4 Å². The number of hydrogen-bond donors (Lipinski definition) is 3. The highest BCUT2D eigenvalue weighted by atomic mass is 35.5. The van der Waals surface area contributed by atoms with Crippen LogP contribution in [0.15, 0.2) is 18.2 Å². The molecule has 2 amide bonds. The molecule has 7 nitrogen and oxygen atoms in total. The molecule has 176 valence electrons. The van der Waals surface area contributed by atoms with Crippen molar-refractivity contribution in [3.8, 4) is 5.75 Å². The van der Waals surface area contributed by atoms with Crippen LogP contribution in [0.3, 0.4) is 0 Å². The lowest BCUT2D eigenvalue weighted by atomic mass is 9.76. The van der Waals surface area contributed by atoms with E-state index in [0.717, 1.165) is 18.9 Å². The van der Waals surface area contributed by atoms with E-state index in [-0.39, 0.29) is 47.6 Å². The molecule has 1 aromatic rings. The Morgan fingerprint density at radius 1 is 1.28 bits per heavy atom. The van der Waals surface area contributed by atoms with Crippen LogP contribution < -0.4 is 20.7 Å². The van der Waals surface area contributed by atoms with Crippen LogP contribution in [0.1, 0.15) is 32.1 Å². The van der Waals surface area contributed by atoms with Crippen LogP contribution in [0.2, 0.25) is 5.02 Å². The van der Waals surface area contributed by atoms with Gasteiger partial charge in [0.15, 0.2) is 6.61 Å². The summed E-state index contributed by atoms with van der Waals surface area (Å²) in [6.07, 6.45) is 2.06. The second kappa shape index (κ2) is 9.44. The lowest BCUT2D eigenvalue weighted by Crippen LogP contribution is -2.58. The maximum Gasteiger partial charge on any atom is 0.345 e. The Morgan fingerprint density at radius 2 is 2.06 bits per heavy atom. The first-order chi connectivity index (χ1) is 15.2. The standard InChI is InChI=1S/C21H25ClF3N3O4/c22-14-2-1-12(5-15(14)23)31-10-18(29)27-17-9-21(7-11(17)8-21)28-19(30)16-6-13(3-4-26-16)32-20(24)25/h1-2,5,11,13,16-17,20,26H,3-4,6-10H2,(H,27,29)(H,28,30)/t11?,13?,16?,17-,21?/m0/s1. The molecule has 11 heteroatoms. The fourth-order valence-corrected chi connectivity index (χ4v) is 5.09. The zero-order valence-electron chi connectivity index (χ0n) is 17.2. The number of alkyl halides is 2. The summed E-state index contributed by atoms with van der Waals surface area (Å²) in [6, 6.07) is 3.27. The van der Waals surface area contributed by atoms with E-state index in [1.54, 1.807) is 0 Å². The summed E-state index contributed by atoms with van der Waals surface area (Å²) in [5, 5.41) is 9.00. The molecular weight excluding hydrogens is 451 g/mol. The quantitative estimate of drug-likeness (QED) is 0.537. The fourth-order valence-electron chi connectivity index (χ4n) is 4.97. The molecule has 0 spiro atoms. The molecule has 3 saturated carbocycles. The molecule has 3 atom stereocenters. The summed E-state index contributed by atoms with van der Waals surface area (Å²) in [6.45, 7) is -2.68. The topological polar surface area (TPSA) is 88.7 Å². The Hall–Kier alpha value is -2.04. The highest BCUT2D eigenvalue weighted by Gasteiger charge is 2.57. The van der Waals surface area contributed by atoms with E-state index in [2.05, 4.69) is 20.7 Å². The van der Waals surface area contributed by atoms with Gasteiger partial charge in [-0.05, 0) is 56.7 Å². The van der Waals surface area contributed by atoms with Gasteiger partial charge in [-0.2, -0.15) is 8.78 Å². The summed E-state index contributed by atoms with van der Waals surface area (Å²) < 4.78 is 48.3. The van der Waals surface area contributed by atoms with E-state index in [9.17, 15) is 22.8 Å². The molecule has 0 aromatic heterocycles. The number of carbonyl (C=O) groups is 2. The molecule has 5 rings (SSSR count). The Morgan fingerprint density at radius 3 is 2.78 bits per heavy atom. The third kappa shape index (κ3) is 5.29. The van der Waals surface area contributed by atoms with Gasteiger partial charge in [0.1, 0.15) is 11.6 Å². The highest BCUT2D eigenvalue weighted by molar-refractivity contribution is 6.30. The van der Waals surface area contributed by atoms with E-state index in [1.165, 1.54) is 12.1 Å². The normalized spacial score (nSPS) is 31.2. The molecule has 4 fully saturated rings. The third-order valence-electron chi connectivity index (χ3n) is 6.45. The van der Waals surface area contributed by atoms with E-state index in [1.807, 2.05) is 0 Å². The summed E-state index contributed by atoms with van der Waals surface area (Å²) >= 11 is 5.62. The van der Waals surface area contributed by atoms with E-state index in [4.69, 9.17) is 16.3 Å². The van der Waals surface area contributed by atoms with E-state index < -0.39 is 30.1 Å². The van der Waals surface area contributed by atoms with Gasteiger partial charge in [-0.25, -0.2) is 4.39 Å². The first-order valence-electron chi connectivity index (χ1n) is 10.6. The van der Waals surface area contributed by atoms with Crippen molar-refractivity contribution in [2.24, 2.45) is 5.92 Å². The fraction of sp³-hybridized carbons (Fsp3) is 0.619. The third-order valence-corrected chi connectivity index (χ3v) is 6.76. The largest absolute Gasteiger partial charge is 0.484 e. The van der Waals surface area contributed by atoms with Crippen LogP contribution in [0.25, 0.3) is 0 Å². The molecular formula is C21H25ClF3N3O4. The van der Waals surface area contributed by atoms with Crippen molar-refractivity contribution in [3.05, 3.63) is 29.0 Å².